The lowest BCUT2D eigenvalue weighted by molar-refractivity contribution is 0.0779. The SMILES string of the molecule is NC(=NCC1(O)CCSC1)NC1CCCC1. The molecule has 5 heteroatoms. The molecule has 92 valence electrons. The first kappa shape index (κ1) is 12.0. The van der Waals surface area contributed by atoms with E-state index in [1.807, 2.05) is 0 Å². The molecule has 4 N–H and O–H groups in total. The maximum atomic E-state index is 10.1. The van der Waals surface area contributed by atoms with Crippen molar-refractivity contribution in [2.24, 2.45) is 10.7 Å². The summed E-state index contributed by atoms with van der Waals surface area (Å²) in [5.41, 5.74) is 5.19. The normalized spacial score (nSPS) is 32.2. The van der Waals surface area contributed by atoms with Crippen molar-refractivity contribution in [3.8, 4) is 0 Å². The highest BCUT2D eigenvalue weighted by Gasteiger charge is 2.31. The number of hydrogen-bond acceptors (Lipinski definition) is 3. The number of hydrogen-bond donors (Lipinski definition) is 3. The molecular formula is C11H21N3OS. The van der Waals surface area contributed by atoms with Gasteiger partial charge in [-0.25, -0.2) is 0 Å². The second-order valence-electron chi connectivity index (χ2n) is 4.85. The van der Waals surface area contributed by atoms with Crippen molar-refractivity contribution in [3.05, 3.63) is 0 Å². The standard InChI is InChI=1S/C11H21N3OS/c12-10(14-9-3-1-2-4-9)13-7-11(15)5-6-16-8-11/h9,15H,1-8H2,(H3,12,13,14). The Bertz CT molecular complexity index is 258. The largest absolute Gasteiger partial charge is 0.387 e. The molecule has 2 aliphatic rings. The Labute approximate surface area is 101 Å². The van der Waals surface area contributed by atoms with Crippen LogP contribution in [-0.4, -0.2) is 40.8 Å². The molecule has 0 aromatic carbocycles. The first-order valence-corrected chi connectivity index (χ1v) is 7.20. The van der Waals surface area contributed by atoms with Gasteiger partial charge in [0.1, 0.15) is 0 Å². The molecular weight excluding hydrogens is 222 g/mol. The maximum absolute atomic E-state index is 10.1. The maximum Gasteiger partial charge on any atom is 0.188 e. The van der Waals surface area contributed by atoms with Crippen LogP contribution >= 0.6 is 11.8 Å². The number of thioether (sulfide) groups is 1. The molecule has 2 rings (SSSR count). The van der Waals surface area contributed by atoms with Gasteiger partial charge in [-0.3, -0.25) is 4.99 Å². The molecule has 0 aromatic rings. The van der Waals surface area contributed by atoms with Crippen LogP contribution in [0.4, 0.5) is 0 Å². The van der Waals surface area contributed by atoms with E-state index in [4.69, 9.17) is 5.73 Å². The second kappa shape index (κ2) is 5.27. The molecule has 0 spiro atoms. The molecule has 0 radical (unpaired) electrons. The fourth-order valence-corrected chi connectivity index (χ4v) is 3.56. The number of guanidine groups is 1. The third kappa shape index (κ3) is 3.28. The third-order valence-electron chi connectivity index (χ3n) is 3.33. The predicted octanol–water partition coefficient (Wildman–Crippen LogP) is 0.701. The van der Waals surface area contributed by atoms with Gasteiger partial charge in [-0.1, -0.05) is 12.8 Å². The summed E-state index contributed by atoms with van der Waals surface area (Å²) in [6, 6.07) is 0.497. The fourth-order valence-electron chi connectivity index (χ4n) is 2.28. The number of aliphatic hydroxyl groups is 1. The zero-order chi connectivity index (χ0) is 11.4. The van der Waals surface area contributed by atoms with Crippen molar-refractivity contribution >= 4 is 17.7 Å². The van der Waals surface area contributed by atoms with Crippen LogP contribution < -0.4 is 11.1 Å². The van der Waals surface area contributed by atoms with Gasteiger partial charge in [0, 0.05) is 11.8 Å². The van der Waals surface area contributed by atoms with E-state index < -0.39 is 5.60 Å². The molecule has 0 aromatic heterocycles. The molecule has 0 bridgehead atoms. The molecule has 1 aliphatic carbocycles. The van der Waals surface area contributed by atoms with Crippen molar-refractivity contribution in [3.63, 3.8) is 0 Å². The molecule has 1 saturated heterocycles. The predicted molar refractivity (Wildman–Crippen MR) is 68.8 cm³/mol. The highest BCUT2D eigenvalue weighted by Crippen LogP contribution is 2.27. The van der Waals surface area contributed by atoms with Gasteiger partial charge < -0.3 is 16.2 Å². The summed E-state index contributed by atoms with van der Waals surface area (Å²) < 4.78 is 0. The Morgan fingerprint density at radius 1 is 1.50 bits per heavy atom. The lowest BCUT2D eigenvalue weighted by Gasteiger charge is -2.19. The first-order chi connectivity index (χ1) is 7.68. The summed E-state index contributed by atoms with van der Waals surface area (Å²) in [5, 5.41) is 13.3. The lowest BCUT2D eigenvalue weighted by atomic mass is 10.1. The Morgan fingerprint density at radius 3 is 2.88 bits per heavy atom. The first-order valence-electron chi connectivity index (χ1n) is 6.05. The van der Waals surface area contributed by atoms with Gasteiger partial charge in [0.05, 0.1) is 12.1 Å². The van der Waals surface area contributed by atoms with Gasteiger partial charge in [-0.2, -0.15) is 11.8 Å². The van der Waals surface area contributed by atoms with Gasteiger partial charge in [-0.05, 0) is 25.0 Å². The summed E-state index contributed by atoms with van der Waals surface area (Å²) in [7, 11) is 0. The highest BCUT2D eigenvalue weighted by molar-refractivity contribution is 7.99. The zero-order valence-electron chi connectivity index (χ0n) is 9.61. The summed E-state index contributed by atoms with van der Waals surface area (Å²) in [6.45, 7) is 0.436. The molecule has 1 heterocycles. The lowest BCUT2D eigenvalue weighted by Crippen LogP contribution is -2.40. The Kier molecular flexibility index (Phi) is 3.97. The molecule has 4 nitrogen and oxygen atoms in total. The van der Waals surface area contributed by atoms with Gasteiger partial charge in [0.25, 0.3) is 0 Å². The molecule has 0 amide bonds. The fraction of sp³-hybridized carbons (Fsp3) is 0.909. The van der Waals surface area contributed by atoms with Crippen LogP contribution in [-0.2, 0) is 0 Å². The minimum Gasteiger partial charge on any atom is -0.387 e. The monoisotopic (exact) mass is 243 g/mol. The van der Waals surface area contributed by atoms with Crippen molar-refractivity contribution < 1.29 is 5.11 Å². The van der Waals surface area contributed by atoms with Gasteiger partial charge in [0.2, 0.25) is 0 Å². The van der Waals surface area contributed by atoms with Crippen molar-refractivity contribution in [2.45, 2.75) is 43.7 Å². The summed E-state index contributed by atoms with van der Waals surface area (Å²) in [4.78, 5) is 4.26. The number of rotatable bonds is 3. The van der Waals surface area contributed by atoms with Crippen LogP contribution in [0.5, 0.6) is 0 Å². The Balaban J connectivity index is 1.77. The van der Waals surface area contributed by atoms with Crippen LogP contribution in [0.3, 0.4) is 0 Å². The van der Waals surface area contributed by atoms with E-state index in [1.165, 1.54) is 25.7 Å². The number of nitrogens with zero attached hydrogens (tertiary/aromatic N) is 1. The smallest absolute Gasteiger partial charge is 0.188 e. The van der Waals surface area contributed by atoms with Crippen molar-refractivity contribution in [2.75, 3.05) is 18.1 Å². The minimum absolute atomic E-state index is 0.436. The van der Waals surface area contributed by atoms with E-state index in [0.717, 1.165) is 17.9 Å². The van der Waals surface area contributed by atoms with Gasteiger partial charge in [0.15, 0.2) is 5.96 Å². The number of nitrogens with two attached hydrogens (primary N) is 1. The van der Waals surface area contributed by atoms with Gasteiger partial charge >= 0.3 is 0 Å². The average molecular weight is 243 g/mol. The topological polar surface area (TPSA) is 70.6 Å². The van der Waals surface area contributed by atoms with E-state index in [2.05, 4.69) is 10.3 Å². The van der Waals surface area contributed by atoms with E-state index >= 15 is 0 Å². The molecule has 2 fully saturated rings. The van der Waals surface area contributed by atoms with Crippen LogP contribution in [0.1, 0.15) is 32.1 Å². The zero-order valence-corrected chi connectivity index (χ0v) is 10.4. The van der Waals surface area contributed by atoms with Crippen LogP contribution in [0.25, 0.3) is 0 Å². The Morgan fingerprint density at radius 2 is 2.25 bits per heavy atom. The minimum atomic E-state index is -0.618. The molecule has 16 heavy (non-hydrogen) atoms. The van der Waals surface area contributed by atoms with E-state index in [0.29, 0.717) is 18.5 Å². The van der Waals surface area contributed by atoms with Crippen LogP contribution in [0.2, 0.25) is 0 Å². The van der Waals surface area contributed by atoms with Crippen LogP contribution in [0.15, 0.2) is 4.99 Å². The molecule has 1 unspecified atom stereocenters. The second-order valence-corrected chi connectivity index (χ2v) is 5.96. The highest BCUT2D eigenvalue weighted by atomic mass is 32.2. The number of nitrogens with one attached hydrogen (secondary N) is 1. The van der Waals surface area contributed by atoms with E-state index in [9.17, 15) is 5.11 Å². The molecule has 1 atom stereocenters. The summed E-state index contributed by atoms with van der Waals surface area (Å²) in [5.74, 6) is 2.31. The summed E-state index contributed by atoms with van der Waals surface area (Å²) >= 11 is 1.79. The average Bonchev–Trinajstić information content (AvgIpc) is 2.88. The van der Waals surface area contributed by atoms with Crippen molar-refractivity contribution in [1.82, 2.24) is 5.32 Å². The quantitative estimate of drug-likeness (QED) is 0.504. The summed E-state index contributed by atoms with van der Waals surface area (Å²) in [6.07, 6.45) is 5.78. The number of aliphatic imine (C=N–C) groups is 1. The Hall–Kier alpha value is -0.420. The van der Waals surface area contributed by atoms with Crippen LogP contribution in [0, 0.1) is 0 Å². The van der Waals surface area contributed by atoms with E-state index in [-0.39, 0.29) is 0 Å². The molecule has 1 aliphatic heterocycles. The third-order valence-corrected chi connectivity index (χ3v) is 4.57. The van der Waals surface area contributed by atoms with Crippen molar-refractivity contribution in [1.29, 1.82) is 0 Å². The molecule has 1 saturated carbocycles. The van der Waals surface area contributed by atoms with E-state index in [1.54, 1.807) is 11.8 Å². The van der Waals surface area contributed by atoms with Gasteiger partial charge in [-0.15, -0.1) is 0 Å².